The third-order valence-electron chi connectivity index (χ3n) is 4.35. The van der Waals surface area contributed by atoms with E-state index in [4.69, 9.17) is 4.74 Å². The van der Waals surface area contributed by atoms with Gasteiger partial charge in [0.25, 0.3) is 0 Å². The van der Waals surface area contributed by atoms with Crippen molar-refractivity contribution in [2.45, 2.75) is 26.7 Å². The van der Waals surface area contributed by atoms with Gasteiger partial charge in [0.1, 0.15) is 5.75 Å². The van der Waals surface area contributed by atoms with Crippen LogP contribution >= 0.6 is 0 Å². The SMILES string of the molecule is COc1ccccc1N1CCC(CCO)C(C)(C)C1. The maximum absolute atomic E-state index is 9.18. The van der Waals surface area contributed by atoms with Crippen molar-refractivity contribution in [1.29, 1.82) is 0 Å². The summed E-state index contributed by atoms with van der Waals surface area (Å²) in [4.78, 5) is 2.41. The van der Waals surface area contributed by atoms with E-state index in [0.29, 0.717) is 12.5 Å². The van der Waals surface area contributed by atoms with Crippen LogP contribution < -0.4 is 9.64 Å². The smallest absolute Gasteiger partial charge is 0.142 e. The van der Waals surface area contributed by atoms with Crippen LogP contribution in [-0.2, 0) is 0 Å². The van der Waals surface area contributed by atoms with E-state index in [2.05, 4.69) is 30.9 Å². The predicted molar refractivity (Wildman–Crippen MR) is 78.8 cm³/mol. The number of piperidine rings is 1. The molecule has 0 aromatic heterocycles. The first-order valence-electron chi connectivity index (χ1n) is 7.07. The van der Waals surface area contributed by atoms with Crippen molar-refractivity contribution < 1.29 is 9.84 Å². The van der Waals surface area contributed by atoms with Crippen LogP contribution in [0.3, 0.4) is 0 Å². The molecule has 1 fully saturated rings. The lowest BCUT2D eigenvalue weighted by molar-refractivity contribution is 0.133. The largest absolute Gasteiger partial charge is 0.495 e. The number of rotatable bonds is 4. The second-order valence-electron chi connectivity index (χ2n) is 6.08. The number of aliphatic hydroxyl groups excluding tert-OH is 1. The molecule has 1 saturated heterocycles. The summed E-state index contributed by atoms with van der Waals surface area (Å²) >= 11 is 0. The molecule has 2 rings (SSSR count). The Balaban J connectivity index is 2.16. The van der Waals surface area contributed by atoms with E-state index in [9.17, 15) is 5.11 Å². The minimum absolute atomic E-state index is 0.224. The zero-order chi connectivity index (χ0) is 13.9. The van der Waals surface area contributed by atoms with Crippen molar-refractivity contribution in [2.75, 3.05) is 31.7 Å². The summed E-state index contributed by atoms with van der Waals surface area (Å²) < 4.78 is 5.46. The quantitative estimate of drug-likeness (QED) is 0.906. The topological polar surface area (TPSA) is 32.7 Å². The zero-order valence-electron chi connectivity index (χ0n) is 12.2. The Bertz CT molecular complexity index is 417. The van der Waals surface area contributed by atoms with E-state index in [-0.39, 0.29) is 5.41 Å². The number of anilines is 1. The first kappa shape index (κ1) is 14.2. The van der Waals surface area contributed by atoms with Crippen molar-refractivity contribution in [2.24, 2.45) is 11.3 Å². The first-order chi connectivity index (χ1) is 9.08. The molecule has 1 heterocycles. The molecule has 1 aliphatic heterocycles. The number of hydrogen-bond donors (Lipinski definition) is 1. The van der Waals surface area contributed by atoms with E-state index >= 15 is 0 Å². The van der Waals surface area contributed by atoms with Crippen LogP contribution in [0.15, 0.2) is 24.3 Å². The van der Waals surface area contributed by atoms with E-state index in [1.807, 2.05) is 12.1 Å². The monoisotopic (exact) mass is 263 g/mol. The number of benzene rings is 1. The Morgan fingerprint density at radius 3 is 2.74 bits per heavy atom. The van der Waals surface area contributed by atoms with Gasteiger partial charge in [-0.1, -0.05) is 26.0 Å². The van der Waals surface area contributed by atoms with Crippen molar-refractivity contribution in [3.8, 4) is 5.75 Å². The number of ether oxygens (including phenoxy) is 1. The summed E-state index contributed by atoms with van der Waals surface area (Å²) in [7, 11) is 1.72. The summed E-state index contributed by atoms with van der Waals surface area (Å²) in [6.07, 6.45) is 2.04. The summed E-state index contributed by atoms with van der Waals surface area (Å²) in [5.41, 5.74) is 1.41. The molecule has 1 unspecified atom stereocenters. The first-order valence-corrected chi connectivity index (χ1v) is 7.07. The minimum Gasteiger partial charge on any atom is -0.495 e. The number of hydrogen-bond acceptors (Lipinski definition) is 3. The van der Waals surface area contributed by atoms with Gasteiger partial charge in [0.2, 0.25) is 0 Å². The molecular formula is C16H25NO2. The van der Waals surface area contributed by atoms with Gasteiger partial charge in [-0.3, -0.25) is 0 Å². The average Bonchev–Trinajstić information content (AvgIpc) is 2.41. The standard InChI is InChI=1S/C16H25NO2/c1-16(2)12-17(10-8-13(16)9-11-18)14-6-4-5-7-15(14)19-3/h4-7,13,18H,8-12H2,1-3H3. The van der Waals surface area contributed by atoms with Gasteiger partial charge in [-0.15, -0.1) is 0 Å². The lowest BCUT2D eigenvalue weighted by Crippen LogP contribution is -2.46. The fourth-order valence-corrected chi connectivity index (χ4v) is 3.19. The highest BCUT2D eigenvalue weighted by molar-refractivity contribution is 5.58. The van der Waals surface area contributed by atoms with Crippen LogP contribution in [0.5, 0.6) is 5.75 Å². The van der Waals surface area contributed by atoms with Gasteiger partial charge >= 0.3 is 0 Å². The van der Waals surface area contributed by atoms with Gasteiger partial charge < -0.3 is 14.7 Å². The molecule has 0 amide bonds. The molecule has 1 atom stereocenters. The molecular weight excluding hydrogens is 238 g/mol. The second kappa shape index (κ2) is 5.83. The van der Waals surface area contributed by atoms with Crippen molar-refractivity contribution in [3.05, 3.63) is 24.3 Å². The second-order valence-corrected chi connectivity index (χ2v) is 6.08. The fraction of sp³-hybridized carbons (Fsp3) is 0.625. The molecule has 1 N–H and O–H groups in total. The summed E-state index contributed by atoms with van der Waals surface area (Å²) in [6, 6.07) is 8.21. The maximum atomic E-state index is 9.18. The Morgan fingerprint density at radius 2 is 2.11 bits per heavy atom. The molecule has 0 spiro atoms. The molecule has 106 valence electrons. The molecule has 0 radical (unpaired) electrons. The van der Waals surface area contributed by atoms with Gasteiger partial charge in [0, 0.05) is 19.7 Å². The zero-order valence-corrected chi connectivity index (χ0v) is 12.2. The van der Waals surface area contributed by atoms with Crippen molar-refractivity contribution in [1.82, 2.24) is 0 Å². The number of para-hydroxylation sites is 2. The molecule has 1 aliphatic rings. The highest BCUT2D eigenvalue weighted by Crippen LogP contribution is 2.40. The summed E-state index contributed by atoms with van der Waals surface area (Å²) in [5.74, 6) is 1.54. The lowest BCUT2D eigenvalue weighted by atomic mass is 9.72. The highest BCUT2D eigenvalue weighted by atomic mass is 16.5. The van der Waals surface area contributed by atoms with Gasteiger partial charge in [-0.05, 0) is 36.3 Å². The Labute approximate surface area is 116 Å². The van der Waals surface area contributed by atoms with E-state index in [1.165, 1.54) is 5.69 Å². The van der Waals surface area contributed by atoms with Gasteiger partial charge in [0.05, 0.1) is 12.8 Å². The van der Waals surface area contributed by atoms with Crippen LogP contribution in [0, 0.1) is 11.3 Å². The Hall–Kier alpha value is -1.22. The highest BCUT2D eigenvalue weighted by Gasteiger charge is 2.35. The molecule has 1 aromatic rings. The molecule has 0 bridgehead atoms. The van der Waals surface area contributed by atoms with Crippen molar-refractivity contribution >= 4 is 5.69 Å². The van der Waals surface area contributed by atoms with Crippen LogP contribution in [0.1, 0.15) is 26.7 Å². The average molecular weight is 263 g/mol. The van der Waals surface area contributed by atoms with Gasteiger partial charge in [-0.2, -0.15) is 0 Å². The maximum Gasteiger partial charge on any atom is 0.142 e. The van der Waals surface area contributed by atoms with Crippen LogP contribution in [-0.4, -0.2) is 31.9 Å². The molecule has 3 heteroatoms. The third-order valence-corrected chi connectivity index (χ3v) is 4.35. The Kier molecular flexibility index (Phi) is 4.35. The van der Waals surface area contributed by atoms with Crippen LogP contribution in [0.25, 0.3) is 0 Å². The molecule has 0 saturated carbocycles. The van der Waals surface area contributed by atoms with Crippen LogP contribution in [0.2, 0.25) is 0 Å². The third kappa shape index (κ3) is 3.03. The molecule has 19 heavy (non-hydrogen) atoms. The van der Waals surface area contributed by atoms with Gasteiger partial charge in [0.15, 0.2) is 0 Å². The number of methoxy groups -OCH3 is 1. The van der Waals surface area contributed by atoms with Gasteiger partial charge in [-0.25, -0.2) is 0 Å². The molecule has 3 nitrogen and oxygen atoms in total. The summed E-state index contributed by atoms with van der Waals surface area (Å²) in [5, 5.41) is 9.18. The van der Waals surface area contributed by atoms with E-state index in [0.717, 1.165) is 31.7 Å². The number of nitrogens with zero attached hydrogens (tertiary/aromatic N) is 1. The number of aliphatic hydroxyl groups is 1. The van der Waals surface area contributed by atoms with E-state index < -0.39 is 0 Å². The van der Waals surface area contributed by atoms with Crippen molar-refractivity contribution in [3.63, 3.8) is 0 Å². The Morgan fingerprint density at radius 1 is 1.37 bits per heavy atom. The minimum atomic E-state index is 0.224. The predicted octanol–water partition coefficient (Wildman–Crippen LogP) is 2.93. The molecule has 1 aromatic carbocycles. The normalized spacial score (nSPS) is 22.3. The summed E-state index contributed by atoms with van der Waals surface area (Å²) in [6.45, 7) is 6.94. The molecule has 0 aliphatic carbocycles. The lowest BCUT2D eigenvalue weighted by Gasteiger charge is -2.45. The van der Waals surface area contributed by atoms with Crippen LogP contribution in [0.4, 0.5) is 5.69 Å². The van der Waals surface area contributed by atoms with E-state index in [1.54, 1.807) is 7.11 Å². The fourth-order valence-electron chi connectivity index (χ4n) is 3.19.